The third kappa shape index (κ3) is 1.22. The van der Waals surface area contributed by atoms with Crippen LogP contribution in [0.1, 0.15) is 61.8 Å². The average molecular weight is 214 g/mol. The third-order valence-electron chi connectivity index (χ3n) is 5.20. The Labute approximate surface area is 99.1 Å². The molecule has 0 heterocycles. The largest absolute Gasteiger partial charge is 0.0616 e. The van der Waals surface area contributed by atoms with E-state index in [2.05, 4.69) is 39.8 Å². The van der Waals surface area contributed by atoms with Crippen molar-refractivity contribution in [3.8, 4) is 0 Å². The van der Waals surface area contributed by atoms with Crippen LogP contribution in [-0.4, -0.2) is 0 Å². The molecule has 2 aliphatic carbocycles. The molecule has 0 heteroatoms. The van der Waals surface area contributed by atoms with E-state index < -0.39 is 0 Å². The summed E-state index contributed by atoms with van der Waals surface area (Å²) < 4.78 is 0. The number of hydrogen-bond donors (Lipinski definition) is 0. The zero-order valence-electron chi connectivity index (χ0n) is 10.9. The van der Waals surface area contributed by atoms with Gasteiger partial charge in [-0.1, -0.05) is 39.8 Å². The maximum absolute atomic E-state index is 2.42. The fourth-order valence-corrected chi connectivity index (χ4v) is 3.74. The second kappa shape index (κ2) is 3.35. The van der Waals surface area contributed by atoms with Gasteiger partial charge in [0.1, 0.15) is 0 Å². The Morgan fingerprint density at radius 2 is 1.56 bits per heavy atom. The molecule has 0 saturated heterocycles. The SMILES string of the molecule is C[C@@H]1Cc2c(ccc3c2[C@H](C)[C@H](C)C3)[C@@H]1C. The Morgan fingerprint density at radius 1 is 0.875 bits per heavy atom. The molecule has 0 aliphatic heterocycles. The van der Waals surface area contributed by atoms with Gasteiger partial charge in [0.15, 0.2) is 0 Å². The molecule has 0 aromatic heterocycles. The van der Waals surface area contributed by atoms with Crippen LogP contribution in [0.25, 0.3) is 0 Å². The van der Waals surface area contributed by atoms with E-state index in [9.17, 15) is 0 Å². The van der Waals surface area contributed by atoms with Crippen molar-refractivity contribution in [2.24, 2.45) is 11.8 Å². The van der Waals surface area contributed by atoms with E-state index in [1.807, 2.05) is 0 Å². The van der Waals surface area contributed by atoms with Crippen molar-refractivity contribution in [2.75, 3.05) is 0 Å². The fourth-order valence-electron chi connectivity index (χ4n) is 3.74. The molecule has 0 radical (unpaired) electrons. The molecule has 0 nitrogen and oxygen atoms in total. The van der Waals surface area contributed by atoms with Gasteiger partial charge < -0.3 is 0 Å². The standard InChI is InChI=1S/C16H22/c1-9-7-13-5-6-14-11(3)10(2)8-15(14)16(13)12(9)4/h5-6,9-12H,7-8H2,1-4H3/t9-,10-,11-,12-/m1/s1. The van der Waals surface area contributed by atoms with Crippen molar-refractivity contribution in [1.29, 1.82) is 0 Å². The molecule has 2 aliphatic rings. The summed E-state index contributed by atoms with van der Waals surface area (Å²) in [6, 6.07) is 4.82. The Kier molecular flexibility index (Phi) is 2.18. The van der Waals surface area contributed by atoms with E-state index in [0.29, 0.717) is 0 Å². The number of benzene rings is 1. The lowest BCUT2D eigenvalue weighted by atomic mass is 9.91. The lowest BCUT2D eigenvalue weighted by Gasteiger charge is -2.14. The molecule has 16 heavy (non-hydrogen) atoms. The summed E-state index contributed by atoms with van der Waals surface area (Å²) in [5.41, 5.74) is 6.72. The van der Waals surface area contributed by atoms with Crippen molar-refractivity contribution in [2.45, 2.75) is 52.4 Å². The summed E-state index contributed by atoms with van der Waals surface area (Å²) in [5, 5.41) is 0. The van der Waals surface area contributed by atoms with Crippen LogP contribution >= 0.6 is 0 Å². The molecular weight excluding hydrogens is 192 g/mol. The van der Waals surface area contributed by atoms with Gasteiger partial charge in [-0.25, -0.2) is 0 Å². The van der Waals surface area contributed by atoms with Gasteiger partial charge in [0.05, 0.1) is 0 Å². The van der Waals surface area contributed by atoms with E-state index in [1.54, 1.807) is 22.3 Å². The minimum absolute atomic E-state index is 0.767. The van der Waals surface area contributed by atoms with Crippen molar-refractivity contribution >= 4 is 0 Å². The molecule has 0 N–H and O–H groups in total. The van der Waals surface area contributed by atoms with Gasteiger partial charge in [-0.2, -0.15) is 0 Å². The monoisotopic (exact) mass is 214 g/mol. The average Bonchev–Trinajstić information content (AvgIpc) is 2.69. The van der Waals surface area contributed by atoms with Crippen LogP contribution in [-0.2, 0) is 12.8 Å². The highest BCUT2D eigenvalue weighted by Gasteiger charge is 2.34. The van der Waals surface area contributed by atoms with Crippen molar-refractivity contribution in [3.05, 3.63) is 34.4 Å². The third-order valence-corrected chi connectivity index (χ3v) is 5.20. The topological polar surface area (TPSA) is 0 Å². The highest BCUT2D eigenvalue weighted by atomic mass is 14.4. The quantitative estimate of drug-likeness (QED) is 0.604. The van der Waals surface area contributed by atoms with Gasteiger partial charge in [-0.3, -0.25) is 0 Å². The lowest BCUT2D eigenvalue weighted by Crippen LogP contribution is -2.01. The highest BCUT2D eigenvalue weighted by Crippen LogP contribution is 2.47. The molecule has 1 aromatic rings. The Balaban J connectivity index is 2.16. The van der Waals surface area contributed by atoms with E-state index >= 15 is 0 Å². The number of rotatable bonds is 0. The maximum atomic E-state index is 2.42. The fraction of sp³-hybridized carbons (Fsp3) is 0.625. The van der Waals surface area contributed by atoms with Crippen molar-refractivity contribution in [3.63, 3.8) is 0 Å². The lowest BCUT2D eigenvalue weighted by molar-refractivity contribution is 0.520. The summed E-state index contributed by atoms with van der Waals surface area (Å²) >= 11 is 0. The molecule has 0 bridgehead atoms. The molecule has 1 aromatic carbocycles. The Hall–Kier alpha value is -0.780. The van der Waals surface area contributed by atoms with E-state index in [1.165, 1.54) is 12.8 Å². The van der Waals surface area contributed by atoms with E-state index in [4.69, 9.17) is 0 Å². The zero-order chi connectivity index (χ0) is 11.4. The van der Waals surface area contributed by atoms with Gasteiger partial charge in [-0.05, 0) is 58.8 Å². The van der Waals surface area contributed by atoms with Gasteiger partial charge >= 0.3 is 0 Å². The van der Waals surface area contributed by atoms with Crippen LogP contribution in [0, 0.1) is 11.8 Å². The van der Waals surface area contributed by atoms with Gasteiger partial charge in [0, 0.05) is 0 Å². The second-order valence-corrected chi connectivity index (χ2v) is 6.15. The number of hydrogen-bond acceptors (Lipinski definition) is 0. The molecular formula is C16H22. The predicted molar refractivity (Wildman–Crippen MR) is 69.0 cm³/mol. The minimum atomic E-state index is 0.767. The second-order valence-electron chi connectivity index (χ2n) is 6.15. The summed E-state index contributed by atoms with van der Waals surface area (Å²) in [6.07, 6.45) is 2.61. The predicted octanol–water partition coefficient (Wildman–Crippen LogP) is 4.28. The molecule has 0 fully saturated rings. The summed E-state index contributed by atoms with van der Waals surface area (Å²) in [5.74, 6) is 3.23. The van der Waals surface area contributed by atoms with Gasteiger partial charge in [0.25, 0.3) is 0 Å². The molecule has 4 atom stereocenters. The van der Waals surface area contributed by atoms with Crippen LogP contribution in [0.3, 0.4) is 0 Å². The zero-order valence-corrected chi connectivity index (χ0v) is 10.9. The molecule has 86 valence electrons. The Morgan fingerprint density at radius 3 is 2.31 bits per heavy atom. The molecule has 0 unspecified atom stereocenters. The molecule has 3 rings (SSSR count). The van der Waals surface area contributed by atoms with Crippen LogP contribution in [0.5, 0.6) is 0 Å². The van der Waals surface area contributed by atoms with Crippen LogP contribution in [0.15, 0.2) is 12.1 Å². The first-order valence-electron chi connectivity index (χ1n) is 6.74. The van der Waals surface area contributed by atoms with Crippen LogP contribution in [0.4, 0.5) is 0 Å². The van der Waals surface area contributed by atoms with Crippen molar-refractivity contribution in [1.82, 2.24) is 0 Å². The first-order valence-corrected chi connectivity index (χ1v) is 6.74. The summed E-state index contributed by atoms with van der Waals surface area (Å²) in [6.45, 7) is 9.62. The van der Waals surface area contributed by atoms with Gasteiger partial charge in [0.2, 0.25) is 0 Å². The highest BCUT2D eigenvalue weighted by molar-refractivity contribution is 5.50. The van der Waals surface area contributed by atoms with E-state index in [0.717, 1.165) is 23.7 Å². The summed E-state index contributed by atoms with van der Waals surface area (Å²) in [4.78, 5) is 0. The number of fused-ring (bicyclic) bond motifs is 3. The Bertz CT molecular complexity index is 430. The minimum Gasteiger partial charge on any atom is -0.0616 e. The molecule has 0 amide bonds. The first kappa shape index (κ1) is 10.4. The van der Waals surface area contributed by atoms with E-state index in [-0.39, 0.29) is 0 Å². The summed E-state index contributed by atoms with van der Waals surface area (Å²) in [7, 11) is 0. The first-order chi connectivity index (χ1) is 7.59. The van der Waals surface area contributed by atoms with Crippen molar-refractivity contribution < 1.29 is 0 Å². The molecule has 0 spiro atoms. The van der Waals surface area contributed by atoms with Gasteiger partial charge in [-0.15, -0.1) is 0 Å². The maximum Gasteiger partial charge on any atom is -0.0156 e. The molecule has 0 saturated carbocycles. The smallest absolute Gasteiger partial charge is 0.0156 e. The normalized spacial score (nSPS) is 36.2. The van der Waals surface area contributed by atoms with Crippen LogP contribution in [0.2, 0.25) is 0 Å². The van der Waals surface area contributed by atoms with Crippen LogP contribution < -0.4 is 0 Å².